The molecule has 1 atom stereocenters. The van der Waals surface area contributed by atoms with E-state index in [1.807, 2.05) is 7.05 Å². The molecule has 9 heteroatoms. The second-order valence-corrected chi connectivity index (χ2v) is 10.4. The van der Waals surface area contributed by atoms with Gasteiger partial charge in [-0.15, -0.1) is 0 Å². The number of nitrogens with zero attached hydrogens (tertiary/aromatic N) is 5. The highest BCUT2D eigenvalue weighted by Crippen LogP contribution is 2.54. The molecule has 2 aromatic heterocycles. The van der Waals surface area contributed by atoms with Gasteiger partial charge in [0.2, 0.25) is 0 Å². The number of ether oxygens (including phenoxy) is 1. The Morgan fingerprint density at radius 1 is 1.17 bits per heavy atom. The smallest absolute Gasteiger partial charge is 0.324 e. The third-order valence-corrected chi connectivity index (χ3v) is 8.27. The minimum atomic E-state index is -0.285. The van der Waals surface area contributed by atoms with Gasteiger partial charge in [0.25, 0.3) is 0 Å². The van der Waals surface area contributed by atoms with Gasteiger partial charge in [0, 0.05) is 55.2 Å². The van der Waals surface area contributed by atoms with Gasteiger partial charge in [0.15, 0.2) is 5.75 Å². The molecule has 1 saturated heterocycles. The number of fused-ring (bicyclic) bond motifs is 3. The third kappa shape index (κ3) is 3.36. The summed E-state index contributed by atoms with van der Waals surface area (Å²) in [6, 6.07) is 3.47. The molecule has 0 unspecified atom stereocenters. The minimum Gasteiger partial charge on any atom is -0.421 e. The first-order chi connectivity index (χ1) is 17.0. The van der Waals surface area contributed by atoms with E-state index in [2.05, 4.69) is 20.2 Å². The van der Waals surface area contributed by atoms with E-state index in [4.69, 9.17) is 20.4 Å². The van der Waals surface area contributed by atoms with Gasteiger partial charge in [-0.25, -0.2) is 14.4 Å². The van der Waals surface area contributed by atoms with E-state index in [1.165, 1.54) is 12.5 Å². The van der Waals surface area contributed by atoms with Crippen LogP contribution >= 0.6 is 0 Å². The largest absolute Gasteiger partial charge is 0.421 e. The monoisotopic (exact) mass is 473 g/mol. The van der Waals surface area contributed by atoms with Gasteiger partial charge < -0.3 is 20.7 Å². The number of nitrogens with two attached hydrogens (primary N) is 1. The van der Waals surface area contributed by atoms with Gasteiger partial charge in [0.05, 0.1) is 18.1 Å². The van der Waals surface area contributed by atoms with E-state index in [0.717, 1.165) is 71.9 Å². The lowest BCUT2D eigenvalue weighted by Gasteiger charge is -2.23. The summed E-state index contributed by atoms with van der Waals surface area (Å²) < 4.78 is 20.6. The average molecular weight is 474 g/mol. The van der Waals surface area contributed by atoms with Gasteiger partial charge in [-0.3, -0.25) is 0 Å². The number of rotatable bonds is 5. The predicted molar refractivity (Wildman–Crippen MR) is 130 cm³/mol. The molecule has 1 aromatic carbocycles. The number of hydrogen-bond donors (Lipinski definition) is 2. The van der Waals surface area contributed by atoms with Crippen LogP contribution in [0.15, 0.2) is 24.5 Å². The van der Waals surface area contributed by atoms with Crippen molar-refractivity contribution in [1.29, 1.82) is 0 Å². The van der Waals surface area contributed by atoms with Crippen molar-refractivity contribution in [2.75, 3.05) is 30.4 Å². The molecule has 180 valence electrons. The highest BCUT2D eigenvalue weighted by Gasteiger charge is 2.54. The lowest BCUT2D eigenvalue weighted by atomic mass is 9.85. The first-order valence-electron chi connectivity index (χ1n) is 12.4. The fraction of sp³-hybridized carbons (Fsp3) is 0.462. The fourth-order valence-electron chi connectivity index (χ4n) is 5.80. The zero-order valence-electron chi connectivity index (χ0n) is 19.7. The molecule has 7 rings (SSSR count). The number of benzene rings is 1. The van der Waals surface area contributed by atoms with E-state index < -0.39 is 0 Å². The number of anilines is 2. The summed E-state index contributed by atoms with van der Waals surface area (Å²) in [7, 11) is 1.81. The molecule has 2 saturated carbocycles. The Hall–Kier alpha value is -3.33. The van der Waals surface area contributed by atoms with Crippen LogP contribution in [0.4, 0.5) is 15.9 Å². The van der Waals surface area contributed by atoms with Crippen LogP contribution in [0.5, 0.6) is 11.8 Å². The maximum absolute atomic E-state index is 14.5. The molecule has 3 N–H and O–H groups in total. The number of aromatic nitrogens is 4. The van der Waals surface area contributed by atoms with E-state index in [9.17, 15) is 4.39 Å². The molecule has 1 aliphatic heterocycles. The van der Waals surface area contributed by atoms with Crippen LogP contribution in [-0.4, -0.2) is 46.1 Å². The van der Waals surface area contributed by atoms with Crippen LogP contribution < -0.4 is 20.7 Å². The SMILES string of the molecule is CNc1cc(F)cc2c1Cc1nc(Oc3cnc(C4CCC4)nc3)nc(N3C[C@H](N)C4(CC4)C3)c1-2. The van der Waals surface area contributed by atoms with Gasteiger partial charge in [-0.05, 0) is 48.9 Å². The van der Waals surface area contributed by atoms with Gasteiger partial charge in [-0.1, -0.05) is 6.42 Å². The van der Waals surface area contributed by atoms with Crippen molar-refractivity contribution in [3.8, 4) is 22.9 Å². The molecule has 0 amide bonds. The summed E-state index contributed by atoms with van der Waals surface area (Å²) in [5.74, 6) is 2.32. The second-order valence-electron chi connectivity index (χ2n) is 10.4. The summed E-state index contributed by atoms with van der Waals surface area (Å²) in [5, 5.41) is 3.13. The van der Waals surface area contributed by atoms with Crippen molar-refractivity contribution in [2.24, 2.45) is 11.1 Å². The molecular weight excluding hydrogens is 445 g/mol. The Bertz CT molecular complexity index is 1320. The zero-order chi connectivity index (χ0) is 23.7. The average Bonchev–Trinajstić information content (AvgIpc) is 3.40. The summed E-state index contributed by atoms with van der Waals surface area (Å²) in [4.78, 5) is 20.9. The molecule has 4 aliphatic rings. The first-order valence-corrected chi connectivity index (χ1v) is 12.4. The third-order valence-electron chi connectivity index (χ3n) is 8.27. The molecule has 0 bridgehead atoms. The fourth-order valence-corrected chi connectivity index (χ4v) is 5.80. The quantitative estimate of drug-likeness (QED) is 0.448. The van der Waals surface area contributed by atoms with Crippen molar-refractivity contribution in [2.45, 2.75) is 50.5 Å². The highest BCUT2D eigenvalue weighted by atomic mass is 19.1. The van der Waals surface area contributed by atoms with Crippen LogP contribution in [0.3, 0.4) is 0 Å². The van der Waals surface area contributed by atoms with Crippen LogP contribution in [0.25, 0.3) is 11.1 Å². The maximum Gasteiger partial charge on any atom is 0.324 e. The molecule has 3 heterocycles. The van der Waals surface area contributed by atoms with Crippen molar-refractivity contribution in [3.63, 3.8) is 0 Å². The Morgan fingerprint density at radius 2 is 1.97 bits per heavy atom. The van der Waals surface area contributed by atoms with Crippen LogP contribution in [-0.2, 0) is 6.42 Å². The first kappa shape index (κ1) is 21.0. The van der Waals surface area contributed by atoms with Crippen molar-refractivity contribution >= 4 is 11.5 Å². The molecule has 3 aliphatic carbocycles. The molecule has 35 heavy (non-hydrogen) atoms. The van der Waals surface area contributed by atoms with Crippen LogP contribution in [0.1, 0.15) is 55.1 Å². The van der Waals surface area contributed by atoms with E-state index in [0.29, 0.717) is 24.6 Å². The second kappa shape index (κ2) is 7.58. The lowest BCUT2D eigenvalue weighted by Crippen LogP contribution is -2.30. The normalized spacial score (nSPS) is 21.6. The Morgan fingerprint density at radius 3 is 2.63 bits per heavy atom. The number of nitrogens with one attached hydrogen (secondary N) is 1. The van der Waals surface area contributed by atoms with E-state index >= 15 is 0 Å². The number of hydrogen-bond acceptors (Lipinski definition) is 8. The zero-order valence-corrected chi connectivity index (χ0v) is 19.7. The molecule has 3 aromatic rings. The molecule has 1 spiro atoms. The van der Waals surface area contributed by atoms with Crippen LogP contribution in [0, 0.1) is 11.2 Å². The molecule has 8 nitrogen and oxygen atoms in total. The standard InChI is InChI=1S/C26H28FN7O/c1-29-19-8-15(27)7-18-17(19)9-20-22(18)24(34-12-21(28)26(13-34)5-6-26)33-25(32-20)35-16-10-30-23(31-11-16)14-3-2-4-14/h7-8,10-11,14,21,29H,2-6,9,12-13,28H2,1H3/t21-/m0/s1. The Kier molecular flexibility index (Phi) is 4.55. The Balaban J connectivity index is 1.28. The summed E-state index contributed by atoms with van der Waals surface area (Å²) in [5.41, 5.74) is 11.0. The topological polar surface area (TPSA) is 102 Å². The Labute approximate surface area is 203 Å². The van der Waals surface area contributed by atoms with Crippen molar-refractivity contribution in [3.05, 3.63) is 47.4 Å². The highest BCUT2D eigenvalue weighted by molar-refractivity contribution is 5.88. The maximum atomic E-state index is 14.5. The summed E-state index contributed by atoms with van der Waals surface area (Å²) in [6.45, 7) is 1.56. The predicted octanol–water partition coefficient (Wildman–Crippen LogP) is 4.01. The van der Waals surface area contributed by atoms with E-state index in [1.54, 1.807) is 18.5 Å². The number of halogens is 1. The lowest BCUT2D eigenvalue weighted by molar-refractivity contribution is 0.395. The van der Waals surface area contributed by atoms with Crippen LogP contribution in [0.2, 0.25) is 0 Å². The van der Waals surface area contributed by atoms with Crippen molar-refractivity contribution in [1.82, 2.24) is 19.9 Å². The summed E-state index contributed by atoms with van der Waals surface area (Å²) >= 11 is 0. The minimum absolute atomic E-state index is 0.103. The van der Waals surface area contributed by atoms with Gasteiger partial charge >= 0.3 is 6.01 Å². The van der Waals surface area contributed by atoms with Crippen molar-refractivity contribution < 1.29 is 9.13 Å². The molecule has 0 radical (unpaired) electrons. The van der Waals surface area contributed by atoms with Gasteiger partial charge in [0.1, 0.15) is 17.5 Å². The summed E-state index contributed by atoms with van der Waals surface area (Å²) in [6.07, 6.45) is 9.79. The molecule has 3 fully saturated rings. The van der Waals surface area contributed by atoms with E-state index in [-0.39, 0.29) is 23.3 Å². The molecular formula is C26H28FN7O. The van der Waals surface area contributed by atoms with Gasteiger partial charge in [-0.2, -0.15) is 9.97 Å².